The van der Waals surface area contributed by atoms with E-state index >= 15 is 0 Å². The molecule has 4 nitrogen and oxygen atoms in total. The van der Waals surface area contributed by atoms with Crippen LogP contribution in [0.4, 0.5) is 0 Å². The minimum atomic E-state index is -0.206. The highest BCUT2D eigenvalue weighted by atomic mass is 35.5. The molecule has 1 atom stereocenters. The standard InChI is InChI=1S/C17H15Cl2N3O/c1-11(13-7-6-12(18)8-14(13)19)21-17(23)9-22-10-20-15-4-2-3-5-16(15)22/h2-8,10-11H,9H2,1H3,(H,21,23)/t11-/m1/s1. The Labute approximate surface area is 144 Å². The first-order valence-corrected chi connectivity index (χ1v) is 7.94. The van der Waals surface area contributed by atoms with Gasteiger partial charge in [-0.05, 0) is 36.8 Å². The fraction of sp³-hybridized carbons (Fsp3) is 0.176. The normalized spacial score (nSPS) is 12.3. The van der Waals surface area contributed by atoms with Gasteiger partial charge >= 0.3 is 0 Å². The van der Waals surface area contributed by atoms with Crippen LogP contribution in [0.25, 0.3) is 11.0 Å². The highest BCUT2D eigenvalue weighted by molar-refractivity contribution is 6.35. The molecular formula is C17H15Cl2N3O. The number of benzene rings is 2. The fourth-order valence-electron chi connectivity index (χ4n) is 2.51. The number of carbonyl (C=O) groups is 1. The summed E-state index contributed by atoms with van der Waals surface area (Å²) in [7, 11) is 0. The van der Waals surface area contributed by atoms with Gasteiger partial charge in [-0.3, -0.25) is 4.79 Å². The molecule has 0 fully saturated rings. The Hall–Kier alpha value is -2.04. The van der Waals surface area contributed by atoms with Crippen molar-refractivity contribution in [1.29, 1.82) is 0 Å². The Morgan fingerprint density at radius 2 is 2.04 bits per heavy atom. The van der Waals surface area contributed by atoms with Crippen molar-refractivity contribution in [2.75, 3.05) is 0 Å². The van der Waals surface area contributed by atoms with Crippen LogP contribution in [0.1, 0.15) is 18.5 Å². The van der Waals surface area contributed by atoms with E-state index in [1.165, 1.54) is 0 Å². The average molecular weight is 348 g/mol. The van der Waals surface area contributed by atoms with Gasteiger partial charge < -0.3 is 9.88 Å². The van der Waals surface area contributed by atoms with Gasteiger partial charge in [-0.15, -0.1) is 0 Å². The van der Waals surface area contributed by atoms with Crippen molar-refractivity contribution in [3.05, 3.63) is 64.4 Å². The summed E-state index contributed by atoms with van der Waals surface area (Å²) < 4.78 is 1.82. The first-order chi connectivity index (χ1) is 11.0. The summed E-state index contributed by atoms with van der Waals surface area (Å²) in [5, 5.41) is 4.06. The van der Waals surface area contributed by atoms with E-state index in [0.29, 0.717) is 10.0 Å². The van der Waals surface area contributed by atoms with Crippen LogP contribution in [0, 0.1) is 0 Å². The van der Waals surface area contributed by atoms with E-state index in [1.807, 2.05) is 41.8 Å². The van der Waals surface area contributed by atoms with E-state index in [2.05, 4.69) is 10.3 Å². The van der Waals surface area contributed by atoms with E-state index in [1.54, 1.807) is 18.5 Å². The Kier molecular flexibility index (Phi) is 4.55. The predicted octanol–water partition coefficient (Wildman–Crippen LogP) is 4.22. The van der Waals surface area contributed by atoms with Gasteiger partial charge in [0, 0.05) is 10.0 Å². The number of amides is 1. The average Bonchev–Trinajstić information content (AvgIpc) is 2.90. The Morgan fingerprint density at radius 3 is 2.83 bits per heavy atom. The lowest BCUT2D eigenvalue weighted by atomic mass is 10.1. The van der Waals surface area contributed by atoms with Crippen LogP contribution in [0.15, 0.2) is 48.8 Å². The van der Waals surface area contributed by atoms with Crippen LogP contribution in [0.5, 0.6) is 0 Å². The zero-order valence-corrected chi connectivity index (χ0v) is 14.0. The Balaban J connectivity index is 1.71. The van der Waals surface area contributed by atoms with E-state index < -0.39 is 0 Å². The number of fused-ring (bicyclic) bond motifs is 1. The fourth-order valence-corrected chi connectivity index (χ4v) is 3.08. The number of nitrogens with zero attached hydrogens (tertiary/aromatic N) is 2. The van der Waals surface area contributed by atoms with Crippen LogP contribution in [0.3, 0.4) is 0 Å². The van der Waals surface area contributed by atoms with Gasteiger partial charge in [-0.1, -0.05) is 41.4 Å². The first kappa shape index (κ1) is 15.8. The third-order valence-electron chi connectivity index (χ3n) is 3.65. The largest absolute Gasteiger partial charge is 0.348 e. The van der Waals surface area contributed by atoms with E-state index in [0.717, 1.165) is 16.6 Å². The molecule has 0 aliphatic carbocycles. The molecule has 1 N–H and O–H groups in total. The number of aromatic nitrogens is 2. The third-order valence-corrected chi connectivity index (χ3v) is 4.21. The second-order valence-electron chi connectivity index (χ2n) is 5.32. The molecule has 6 heteroatoms. The summed E-state index contributed by atoms with van der Waals surface area (Å²) >= 11 is 12.1. The highest BCUT2D eigenvalue weighted by Gasteiger charge is 2.14. The van der Waals surface area contributed by atoms with Crippen molar-refractivity contribution < 1.29 is 4.79 Å². The number of rotatable bonds is 4. The van der Waals surface area contributed by atoms with Crippen LogP contribution in [-0.4, -0.2) is 15.5 Å². The van der Waals surface area contributed by atoms with Gasteiger partial charge in [-0.2, -0.15) is 0 Å². The lowest BCUT2D eigenvalue weighted by Crippen LogP contribution is -2.30. The van der Waals surface area contributed by atoms with Crippen molar-refractivity contribution in [2.45, 2.75) is 19.5 Å². The van der Waals surface area contributed by atoms with Crippen molar-refractivity contribution >= 4 is 40.1 Å². The summed E-state index contributed by atoms with van der Waals surface area (Å²) in [4.78, 5) is 16.6. The van der Waals surface area contributed by atoms with Crippen LogP contribution in [-0.2, 0) is 11.3 Å². The summed E-state index contributed by atoms with van der Waals surface area (Å²) in [5.41, 5.74) is 2.63. The van der Waals surface area contributed by atoms with Gasteiger partial charge in [0.15, 0.2) is 0 Å². The summed E-state index contributed by atoms with van der Waals surface area (Å²) in [6.45, 7) is 2.09. The summed E-state index contributed by atoms with van der Waals surface area (Å²) in [5.74, 6) is -0.105. The van der Waals surface area contributed by atoms with Gasteiger partial charge in [0.05, 0.1) is 23.4 Å². The van der Waals surface area contributed by atoms with Gasteiger partial charge in [0.25, 0.3) is 0 Å². The lowest BCUT2D eigenvalue weighted by molar-refractivity contribution is -0.122. The van der Waals surface area contributed by atoms with Crippen LogP contribution >= 0.6 is 23.2 Å². The number of imidazole rings is 1. The molecule has 1 amide bonds. The molecule has 3 aromatic rings. The molecule has 1 aromatic heterocycles. The number of para-hydroxylation sites is 2. The smallest absolute Gasteiger partial charge is 0.240 e. The van der Waals surface area contributed by atoms with Gasteiger partial charge in [0.2, 0.25) is 5.91 Å². The molecule has 0 spiro atoms. The van der Waals surface area contributed by atoms with Crippen molar-refractivity contribution in [1.82, 2.24) is 14.9 Å². The highest BCUT2D eigenvalue weighted by Crippen LogP contribution is 2.26. The summed E-state index contributed by atoms with van der Waals surface area (Å²) in [6, 6.07) is 12.7. The minimum absolute atomic E-state index is 0.105. The third kappa shape index (κ3) is 3.49. The molecule has 118 valence electrons. The molecule has 3 rings (SSSR count). The molecule has 0 saturated heterocycles. The van der Waals surface area contributed by atoms with E-state index in [-0.39, 0.29) is 18.5 Å². The second kappa shape index (κ2) is 6.60. The molecule has 0 aliphatic heterocycles. The summed E-state index contributed by atoms with van der Waals surface area (Å²) in [6.07, 6.45) is 1.67. The van der Waals surface area contributed by atoms with Crippen molar-refractivity contribution in [3.63, 3.8) is 0 Å². The molecule has 1 heterocycles. The number of hydrogen-bond acceptors (Lipinski definition) is 2. The van der Waals surface area contributed by atoms with E-state index in [4.69, 9.17) is 23.2 Å². The molecule has 0 saturated carbocycles. The maximum absolute atomic E-state index is 12.3. The first-order valence-electron chi connectivity index (χ1n) is 7.19. The quantitative estimate of drug-likeness (QED) is 0.767. The number of nitrogens with one attached hydrogen (secondary N) is 1. The van der Waals surface area contributed by atoms with Crippen molar-refractivity contribution in [3.8, 4) is 0 Å². The minimum Gasteiger partial charge on any atom is -0.348 e. The topological polar surface area (TPSA) is 46.9 Å². The number of halogens is 2. The van der Waals surface area contributed by atoms with E-state index in [9.17, 15) is 4.79 Å². The second-order valence-corrected chi connectivity index (χ2v) is 6.16. The molecular weight excluding hydrogens is 333 g/mol. The molecule has 0 bridgehead atoms. The van der Waals surface area contributed by atoms with Crippen molar-refractivity contribution in [2.24, 2.45) is 0 Å². The number of carbonyl (C=O) groups excluding carboxylic acids is 1. The zero-order chi connectivity index (χ0) is 16.4. The predicted molar refractivity (Wildman–Crippen MR) is 92.8 cm³/mol. The monoisotopic (exact) mass is 347 g/mol. The SMILES string of the molecule is C[C@@H](NC(=O)Cn1cnc2ccccc21)c1ccc(Cl)cc1Cl. The number of hydrogen-bond donors (Lipinski definition) is 1. The van der Waals surface area contributed by atoms with Crippen LogP contribution in [0.2, 0.25) is 10.0 Å². The maximum Gasteiger partial charge on any atom is 0.240 e. The van der Waals surface area contributed by atoms with Crippen LogP contribution < -0.4 is 5.32 Å². The molecule has 2 aromatic carbocycles. The van der Waals surface area contributed by atoms with Gasteiger partial charge in [-0.25, -0.2) is 4.98 Å². The van der Waals surface area contributed by atoms with Gasteiger partial charge in [0.1, 0.15) is 6.54 Å². The molecule has 23 heavy (non-hydrogen) atoms. The lowest BCUT2D eigenvalue weighted by Gasteiger charge is -2.16. The zero-order valence-electron chi connectivity index (χ0n) is 12.5. The molecule has 0 aliphatic rings. The molecule has 0 unspecified atom stereocenters. The molecule has 0 radical (unpaired) electrons. The Morgan fingerprint density at radius 1 is 1.26 bits per heavy atom. The maximum atomic E-state index is 12.3. The Bertz CT molecular complexity index is 860.